The summed E-state index contributed by atoms with van der Waals surface area (Å²) >= 11 is 0. The maximum Gasteiger partial charge on any atom is 0.242 e. The van der Waals surface area contributed by atoms with Crippen molar-refractivity contribution in [3.63, 3.8) is 0 Å². The van der Waals surface area contributed by atoms with Gasteiger partial charge in [-0.3, -0.25) is 0 Å². The van der Waals surface area contributed by atoms with E-state index < -0.39 is 8.32 Å². The number of unbranched alkanes of at least 4 members (excludes halogenated alkanes) is 3. The van der Waals surface area contributed by atoms with Crippen molar-refractivity contribution in [3.05, 3.63) is 24.5 Å². The predicted molar refractivity (Wildman–Crippen MR) is 66.9 cm³/mol. The lowest BCUT2D eigenvalue weighted by Crippen LogP contribution is -2.23. The molecule has 0 aromatic heterocycles. The lowest BCUT2D eigenvalue weighted by atomic mass is 10.2. The highest BCUT2D eigenvalue weighted by molar-refractivity contribution is 6.70. The van der Waals surface area contributed by atoms with E-state index >= 15 is 0 Å². The summed E-state index contributed by atoms with van der Waals surface area (Å²) in [6.45, 7) is 12.6. The summed E-state index contributed by atoms with van der Waals surface area (Å²) in [6.07, 6.45) is 9.17. The first-order valence-electron chi connectivity index (χ1n) is 5.50. The zero-order chi connectivity index (χ0) is 11.0. The van der Waals surface area contributed by atoms with Gasteiger partial charge in [0.05, 0.1) is 5.76 Å². The fraction of sp³-hybridized carbons (Fsp3) is 0.667. The maximum atomic E-state index is 5.70. The third-order valence-corrected chi connectivity index (χ3v) is 2.59. The molecule has 0 spiro atoms. The minimum atomic E-state index is -1.45. The molecule has 14 heavy (non-hydrogen) atoms. The molecule has 0 heterocycles. The van der Waals surface area contributed by atoms with Crippen molar-refractivity contribution in [1.29, 1.82) is 0 Å². The van der Waals surface area contributed by atoms with Crippen LogP contribution in [-0.2, 0) is 4.43 Å². The Labute approximate surface area is 90.0 Å². The van der Waals surface area contributed by atoms with Crippen LogP contribution in [0.1, 0.15) is 32.6 Å². The third-order valence-electron chi connectivity index (χ3n) is 1.72. The van der Waals surface area contributed by atoms with Crippen molar-refractivity contribution in [3.8, 4) is 0 Å². The fourth-order valence-corrected chi connectivity index (χ4v) is 2.01. The molecule has 0 N–H and O–H groups in total. The van der Waals surface area contributed by atoms with Crippen molar-refractivity contribution in [2.24, 2.45) is 0 Å². The van der Waals surface area contributed by atoms with E-state index in [1.807, 2.05) is 6.08 Å². The molecule has 0 saturated carbocycles. The Hall–Kier alpha value is -0.503. The molecule has 82 valence electrons. The summed E-state index contributed by atoms with van der Waals surface area (Å²) in [5.41, 5.74) is 0. The summed E-state index contributed by atoms with van der Waals surface area (Å²) in [5.74, 6) is 0.820. The zero-order valence-electron chi connectivity index (χ0n) is 10.1. The highest BCUT2D eigenvalue weighted by atomic mass is 28.4. The van der Waals surface area contributed by atoms with Gasteiger partial charge in [0.15, 0.2) is 0 Å². The van der Waals surface area contributed by atoms with Crippen LogP contribution in [0.3, 0.4) is 0 Å². The van der Waals surface area contributed by atoms with Gasteiger partial charge in [0, 0.05) is 0 Å². The zero-order valence-corrected chi connectivity index (χ0v) is 11.1. The highest BCUT2D eigenvalue weighted by Crippen LogP contribution is 2.10. The van der Waals surface area contributed by atoms with Gasteiger partial charge in [-0.25, -0.2) is 0 Å². The van der Waals surface area contributed by atoms with Crippen molar-refractivity contribution in [1.82, 2.24) is 0 Å². The lowest BCUT2D eigenvalue weighted by molar-refractivity contribution is 0.443. The second kappa shape index (κ2) is 6.88. The number of rotatable bonds is 7. The van der Waals surface area contributed by atoms with E-state index in [0.717, 1.165) is 12.2 Å². The smallest absolute Gasteiger partial charge is 0.242 e. The van der Waals surface area contributed by atoms with E-state index in [-0.39, 0.29) is 0 Å². The molecule has 0 fully saturated rings. The Morgan fingerprint density at radius 2 is 1.93 bits per heavy atom. The van der Waals surface area contributed by atoms with Crippen LogP contribution in [-0.4, -0.2) is 8.32 Å². The normalized spacial score (nSPS) is 12.0. The van der Waals surface area contributed by atoms with Crippen molar-refractivity contribution in [2.45, 2.75) is 52.2 Å². The van der Waals surface area contributed by atoms with Gasteiger partial charge in [-0.2, -0.15) is 0 Å². The Morgan fingerprint density at radius 3 is 2.43 bits per heavy atom. The van der Waals surface area contributed by atoms with Gasteiger partial charge in [0.1, 0.15) is 0 Å². The minimum Gasteiger partial charge on any atom is -0.545 e. The van der Waals surface area contributed by atoms with Gasteiger partial charge < -0.3 is 4.43 Å². The SMILES string of the molecule is C=C(/C=C/CCCCC)O[Si](C)(C)C. The summed E-state index contributed by atoms with van der Waals surface area (Å²) in [7, 11) is -1.45. The molecule has 0 aliphatic heterocycles. The standard InChI is InChI=1S/C12H24OSi/c1-6-7-8-9-10-11-12(2)13-14(3,4)5/h10-11H,2,6-9H2,1,3-5H3/b11-10+. The molecule has 0 aliphatic rings. The van der Waals surface area contributed by atoms with E-state index in [4.69, 9.17) is 4.43 Å². The van der Waals surface area contributed by atoms with Crippen LogP contribution in [0, 0.1) is 0 Å². The monoisotopic (exact) mass is 212 g/mol. The molecule has 0 atom stereocenters. The second-order valence-electron chi connectivity index (χ2n) is 4.58. The van der Waals surface area contributed by atoms with Gasteiger partial charge in [-0.15, -0.1) is 0 Å². The van der Waals surface area contributed by atoms with E-state index in [0.29, 0.717) is 0 Å². The van der Waals surface area contributed by atoms with Gasteiger partial charge in [0.25, 0.3) is 0 Å². The van der Waals surface area contributed by atoms with E-state index in [1.165, 1.54) is 19.3 Å². The summed E-state index contributed by atoms with van der Waals surface area (Å²) in [5, 5.41) is 0. The predicted octanol–water partition coefficient (Wildman–Crippen LogP) is 4.49. The molecular formula is C12H24OSi. The average molecular weight is 212 g/mol. The van der Waals surface area contributed by atoms with Crippen LogP contribution in [0.15, 0.2) is 24.5 Å². The van der Waals surface area contributed by atoms with E-state index in [1.54, 1.807) is 0 Å². The highest BCUT2D eigenvalue weighted by Gasteiger charge is 2.15. The van der Waals surface area contributed by atoms with Gasteiger partial charge >= 0.3 is 0 Å². The Kier molecular flexibility index (Phi) is 6.63. The van der Waals surface area contributed by atoms with Crippen LogP contribution in [0.5, 0.6) is 0 Å². The molecule has 0 unspecified atom stereocenters. The number of hydrogen-bond acceptors (Lipinski definition) is 1. The molecule has 0 aromatic rings. The molecule has 0 saturated heterocycles. The van der Waals surface area contributed by atoms with Crippen LogP contribution in [0.25, 0.3) is 0 Å². The Bertz CT molecular complexity index is 189. The van der Waals surface area contributed by atoms with Crippen LogP contribution >= 0.6 is 0 Å². The van der Waals surface area contributed by atoms with E-state index in [9.17, 15) is 0 Å². The number of allylic oxidation sites excluding steroid dienone is 2. The van der Waals surface area contributed by atoms with Crippen molar-refractivity contribution >= 4 is 8.32 Å². The maximum absolute atomic E-state index is 5.70. The molecule has 2 heteroatoms. The third kappa shape index (κ3) is 9.58. The quantitative estimate of drug-likeness (QED) is 0.261. The van der Waals surface area contributed by atoms with Crippen LogP contribution < -0.4 is 0 Å². The molecule has 0 amide bonds. The van der Waals surface area contributed by atoms with Crippen LogP contribution in [0.2, 0.25) is 19.6 Å². The summed E-state index contributed by atoms with van der Waals surface area (Å²) < 4.78 is 5.70. The lowest BCUT2D eigenvalue weighted by Gasteiger charge is -2.18. The first-order valence-corrected chi connectivity index (χ1v) is 8.91. The first-order chi connectivity index (χ1) is 6.45. The average Bonchev–Trinajstić information content (AvgIpc) is 2.00. The Morgan fingerprint density at radius 1 is 1.29 bits per heavy atom. The molecule has 0 radical (unpaired) electrons. The topological polar surface area (TPSA) is 9.23 Å². The first kappa shape index (κ1) is 13.5. The van der Waals surface area contributed by atoms with Gasteiger partial charge in [0.2, 0.25) is 8.32 Å². The molecular weight excluding hydrogens is 188 g/mol. The molecule has 0 bridgehead atoms. The molecule has 1 nitrogen and oxygen atoms in total. The summed E-state index contributed by atoms with van der Waals surface area (Å²) in [4.78, 5) is 0. The van der Waals surface area contributed by atoms with E-state index in [2.05, 4.69) is 39.2 Å². The molecule has 0 rings (SSSR count). The Balaban J connectivity index is 3.61. The van der Waals surface area contributed by atoms with Crippen LogP contribution in [0.4, 0.5) is 0 Å². The van der Waals surface area contributed by atoms with Gasteiger partial charge in [-0.05, 0) is 38.6 Å². The molecule has 0 aliphatic carbocycles. The molecule has 0 aromatic carbocycles. The van der Waals surface area contributed by atoms with Gasteiger partial charge in [-0.1, -0.05) is 32.4 Å². The summed E-state index contributed by atoms with van der Waals surface area (Å²) in [6, 6.07) is 0. The van der Waals surface area contributed by atoms with Crippen molar-refractivity contribution in [2.75, 3.05) is 0 Å². The van der Waals surface area contributed by atoms with Crippen molar-refractivity contribution < 1.29 is 4.43 Å². The fourth-order valence-electron chi connectivity index (χ4n) is 1.15. The largest absolute Gasteiger partial charge is 0.545 e. The number of hydrogen-bond donors (Lipinski definition) is 0. The second-order valence-corrected chi connectivity index (χ2v) is 9.01. The minimum absolute atomic E-state index is 0.820.